The molecule has 230 valence electrons. The molecule has 7 heteroatoms. The van der Waals surface area contributed by atoms with Gasteiger partial charge in [0.1, 0.15) is 0 Å². The number of aliphatic hydroxyl groups is 2. The van der Waals surface area contributed by atoms with Crippen LogP contribution in [-0.2, 0) is 23.8 Å². The Morgan fingerprint density at radius 1 is 0.750 bits per heavy atom. The first-order valence-corrected chi connectivity index (χ1v) is 15.5. The van der Waals surface area contributed by atoms with Crippen molar-refractivity contribution in [3.63, 3.8) is 0 Å². The second kappa shape index (κ2) is 16.1. The van der Waals surface area contributed by atoms with Crippen molar-refractivity contribution in [2.24, 2.45) is 23.7 Å². The maximum atomic E-state index is 12.4. The Balaban J connectivity index is 1.83. The Kier molecular flexibility index (Phi) is 13.9. The lowest BCUT2D eigenvalue weighted by atomic mass is 9.70. The molecular weight excluding hydrogens is 508 g/mol. The summed E-state index contributed by atoms with van der Waals surface area (Å²) in [6.07, 6.45) is 15.5. The van der Waals surface area contributed by atoms with E-state index >= 15 is 0 Å². The minimum absolute atomic E-state index is 0.0483. The van der Waals surface area contributed by atoms with Gasteiger partial charge in [-0.25, -0.2) is 9.59 Å². The second-order valence-corrected chi connectivity index (χ2v) is 13.3. The lowest BCUT2D eigenvalue weighted by Crippen LogP contribution is -2.34. The van der Waals surface area contributed by atoms with E-state index < -0.39 is 29.1 Å². The SMILES string of the molecule is C=C(C(=O)OCC(COC(=O)C(=C)C(C)(C)O)COC1CCC(C2CCC(CCCCC)CC2)CC1)C(C)(C)O. The molecule has 2 fully saturated rings. The Morgan fingerprint density at radius 3 is 1.62 bits per heavy atom. The van der Waals surface area contributed by atoms with Crippen LogP contribution < -0.4 is 0 Å². The van der Waals surface area contributed by atoms with E-state index in [1.165, 1.54) is 91.9 Å². The summed E-state index contributed by atoms with van der Waals surface area (Å²) in [4.78, 5) is 24.7. The van der Waals surface area contributed by atoms with Crippen molar-refractivity contribution in [1.82, 2.24) is 0 Å². The van der Waals surface area contributed by atoms with Crippen LogP contribution in [0.3, 0.4) is 0 Å². The molecule has 0 aromatic rings. The molecule has 0 saturated heterocycles. The molecule has 0 heterocycles. The maximum absolute atomic E-state index is 12.4. The fraction of sp³-hybridized carbons (Fsp3) is 0.818. The predicted molar refractivity (Wildman–Crippen MR) is 158 cm³/mol. The molecule has 2 rings (SSSR count). The van der Waals surface area contributed by atoms with Crippen molar-refractivity contribution in [2.45, 2.75) is 129 Å². The van der Waals surface area contributed by atoms with Gasteiger partial charge in [-0.15, -0.1) is 0 Å². The molecule has 0 bridgehead atoms. The first kappa shape index (κ1) is 34.5. The van der Waals surface area contributed by atoms with Gasteiger partial charge in [-0.05, 0) is 84.0 Å². The van der Waals surface area contributed by atoms with E-state index in [-0.39, 0.29) is 37.1 Å². The molecule has 0 spiro atoms. The Labute approximate surface area is 242 Å². The number of esters is 2. The van der Waals surface area contributed by atoms with Gasteiger partial charge >= 0.3 is 11.9 Å². The van der Waals surface area contributed by atoms with E-state index in [0.29, 0.717) is 0 Å². The van der Waals surface area contributed by atoms with Gasteiger partial charge in [-0.3, -0.25) is 0 Å². The summed E-state index contributed by atoms with van der Waals surface area (Å²) in [6.45, 7) is 15.6. The lowest BCUT2D eigenvalue weighted by molar-refractivity contribution is -0.148. The molecule has 0 aromatic carbocycles. The molecule has 0 atom stereocenters. The summed E-state index contributed by atoms with van der Waals surface area (Å²) in [7, 11) is 0. The average Bonchev–Trinajstić information content (AvgIpc) is 2.91. The highest BCUT2D eigenvalue weighted by Gasteiger charge is 2.32. The molecule has 2 N–H and O–H groups in total. The van der Waals surface area contributed by atoms with Crippen LogP contribution in [0.2, 0.25) is 0 Å². The fourth-order valence-electron chi connectivity index (χ4n) is 5.84. The van der Waals surface area contributed by atoms with Crippen LogP contribution in [-0.4, -0.2) is 59.3 Å². The summed E-state index contributed by atoms with van der Waals surface area (Å²) in [5.41, 5.74) is -2.89. The third-order valence-electron chi connectivity index (χ3n) is 8.93. The minimum Gasteiger partial charge on any atom is -0.462 e. The largest absolute Gasteiger partial charge is 0.462 e. The molecule has 2 aliphatic rings. The van der Waals surface area contributed by atoms with E-state index in [1.54, 1.807) is 0 Å². The van der Waals surface area contributed by atoms with Gasteiger partial charge < -0.3 is 24.4 Å². The first-order valence-electron chi connectivity index (χ1n) is 15.5. The minimum atomic E-state index is -1.40. The summed E-state index contributed by atoms with van der Waals surface area (Å²) in [5, 5.41) is 20.1. The maximum Gasteiger partial charge on any atom is 0.336 e. The van der Waals surface area contributed by atoms with E-state index in [0.717, 1.165) is 30.6 Å². The fourth-order valence-corrected chi connectivity index (χ4v) is 5.84. The summed E-state index contributed by atoms with van der Waals surface area (Å²) < 4.78 is 17.0. The van der Waals surface area contributed by atoms with Gasteiger partial charge in [-0.2, -0.15) is 0 Å². The third-order valence-corrected chi connectivity index (χ3v) is 8.93. The van der Waals surface area contributed by atoms with Crippen molar-refractivity contribution in [3.05, 3.63) is 24.3 Å². The van der Waals surface area contributed by atoms with Crippen molar-refractivity contribution in [2.75, 3.05) is 19.8 Å². The number of hydrogen-bond donors (Lipinski definition) is 2. The van der Waals surface area contributed by atoms with Crippen LogP contribution >= 0.6 is 0 Å². The lowest BCUT2D eigenvalue weighted by Gasteiger charge is -2.38. The van der Waals surface area contributed by atoms with Crippen LogP contribution in [0.25, 0.3) is 0 Å². The van der Waals surface area contributed by atoms with Crippen molar-refractivity contribution < 1.29 is 34.0 Å². The van der Waals surface area contributed by atoms with Gasteiger partial charge in [0, 0.05) is 0 Å². The molecule has 0 radical (unpaired) electrons. The zero-order chi connectivity index (χ0) is 29.9. The zero-order valence-electron chi connectivity index (χ0n) is 25.8. The molecule has 0 amide bonds. The van der Waals surface area contributed by atoms with Crippen LogP contribution in [0.1, 0.15) is 112 Å². The zero-order valence-corrected chi connectivity index (χ0v) is 25.8. The number of hydrogen-bond acceptors (Lipinski definition) is 7. The topological polar surface area (TPSA) is 102 Å². The van der Waals surface area contributed by atoms with Gasteiger partial charge in [0.25, 0.3) is 0 Å². The number of carbonyl (C=O) groups excluding carboxylic acids is 2. The van der Waals surface area contributed by atoms with Gasteiger partial charge in [0.05, 0.1) is 54.2 Å². The Morgan fingerprint density at radius 2 is 1.20 bits per heavy atom. The number of carbonyl (C=O) groups is 2. The molecule has 2 saturated carbocycles. The summed E-state index contributed by atoms with van der Waals surface area (Å²) in [6, 6.07) is 0. The predicted octanol–water partition coefficient (Wildman–Crippen LogP) is 6.31. The van der Waals surface area contributed by atoms with E-state index in [2.05, 4.69) is 20.1 Å². The molecular formula is C33H56O7. The van der Waals surface area contributed by atoms with Crippen LogP contribution in [0.4, 0.5) is 0 Å². The normalized spacial score (nSPS) is 24.0. The quantitative estimate of drug-likeness (QED) is 0.129. The highest BCUT2D eigenvalue weighted by molar-refractivity contribution is 5.90. The standard InChI is InChI=1S/C33H56O7/c1-8-9-10-11-25-12-14-27(15-13-25)28-16-18-29(19-17-28)38-20-26(21-39-30(34)23(2)32(4,5)36)22-40-31(35)24(3)33(6,7)37/h25-29,36-37H,2-3,8-22H2,1,4-7H3. The molecule has 7 nitrogen and oxygen atoms in total. The van der Waals surface area contributed by atoms with Gasteiger partial charge in [-0.1, -0.05) is 58.6 Å². The number of unbranched alkanes of at least 4 members (excludes halogenated alkanes) is 2. The van der Waals surface area contributed by atoms with Crippen LogP contribution in [0.15, 0.2) is 24.3 Å². The third kappa shape index (κ3) is 11.7. The molecule has 0 aromatic heterocycles. The van der Waals surface area contributed by atoms with E-state index in [4.69, 9.17) is 14.2 Å². The highest BCUT2D eigenvalue weighted by atomic mass is 16.6. The monoisotopic (exact) mass is 564 g/mol. The number of rotatable bonds is 16. The molecule has 2 aliphatic carbocycles. The number of ether oxygens (including phenoxy) is 3. The van der Waals surface area contributed by atoms with E-state index in [9.17, 15) is 19.8 Å². The Hall–Kier alpha value is -1.70. The Bertz CT molecular complexity index is 777. The highest BCUT2D eigenvalue weighted by Crippen LogP contribution is 2.41. The molecule has 0 unspecified atom stereocenters. The van der Waals surface area contributed by atoms with Gasteiger partial charge in [0.15, 0.2) is 0 Å². The van der Waals surface area contributed by atoms with Gasteiger partial charge in [0.2, 0.25) is 0 Å². The summed E-state index contributed by atoms with van der Waals surface area (Å²) in [5.74, 6) is 0.759. The average molecular weight is 565 g/mol. The second-order valence-electron chi connectivity index (χ2n) is 13.3. The molecule has 40 heavy (non-hydrogen) atoms. The van der Waals surface area contributed by atoms with Crippen LogP contribution in [0, 0.1) is 23.7 Å². The van der Waals surface area contributed by atoms with Crippen molar-refractivity contribution >= 4 is 11.9 Å². The summed E-state index contributed by atoms with van der Waals surface area (Å²) >= 11 is 0. The van der Waals surface area contributed by atoms with Crippen molar-refractivity contribution in [1.29, 1.82) is 0 Å². The first-order chi connectivity index (χ1) is 18.7. The smallest absolute Gasteiger partial charge is 0.336 e. The van der Waals surface area contributed by atoms with Crippen molar-refractivity contribution in [3.8, 4) is 0 Å². The van der Waals surface area contributed by atoms with E-state index in [1.807, 2.05) is 0 Å². The van der Waals surface area contributed by atoms with Crippen LogP contribution in [0.5, 0.6) is 0 Å². The molecule has 0 aliphatic heterocycles.